The van der Waals surface area contributed by atoms with Gasteiger partial charge >= 0.3 is 6.18 Å². The molecule has 0 aliphatic heterocycles. The second kappa shape index (κ2) is 14.1. The number of nitrogens with zero attached hydrogens (tertiary/aromatic N) is 2. The van der Waals surface area contributed by atoms with E-state index in [1.807, 2.05) is 31.2 Å². The molecule has 0 unspecified atom stereocenters. The van der Waals surface area contributed by atoms with Gasteiger partial charge in [-0.3, -0.25) is 4.79 Å². The molecule has 0 saturated heterocycles. The Morgan fingerprint density at radius 1 is 0.878 bits per heavy atom. The van der Waals surface area contributed by atoms with E-state index in [0.717, 1.165) is 47.1 Å². The van der Waals surface area contributed by atoms with E-state index in [2.05, 4.69) is 28.2 Å². The van der Waals surface area contributed by atoms with Crippen molar-refractivity contribution in [1.82, 2.24) is 15.3 Å². The Balaban J connectivity index is 1.59. The number of rotatable bonds is 12. The van der Waals surface area contributed by atoms with Crippen LogP contribution in [0.5, 0.6) is 0 Å². The minimum atomic E-state index is -4.40. The van der Waals surface area contributed by atoms with Gasteiger partial charge in [0.05, 0.1) is 34.0 Å². The van der Waals surface area contributed by atoms with Gasteiger partial charge in [-0.1, -0.05) is 85.6 Å². The van der Waals surface area contributed by atoms with Crippen molar-refractivity contribution in [3.8, 4) is 11.3 Å². The lowest BCUT2D eigenvalue weighted by atomic mass is 10.0. The van der Waals surface area contributed by atoms with Gasteiger partial charge in [-0.05, 0) is 67.8 Å². The van der Waals surface area contributed by atoms with Gasteiger partial charge in [-0.2, -0.15) is 13.2 Å². The predicted octanol–water partition coefficient (Wildman–Crippen LogP) is 9.86. The molecule has 1 aromatic heterocycles. The molecule has 0 aliphatic carbocycles. The molecular formula is C33H35BrF3N3O. The number of hydrogen-bond donors (Lipinski definition) is 1. The monoisotopic (exact) mass is 625 g/mol. The first-order valence-corrected chi connectivity index (χ1v) is 15.0. The summed E-state index contributed by atoms with van der Waals surface area (Å²) in [5.41, 5.74) is 3.82. The van der Waals surface area contributed by atoms with Crippen LogP contribution in [0.15, 0.2) is 71.2 Å². The Morgan fingerprint density at radius 3 is 2.27 bits per heavy atom. The zero-order valence-electron chi connectivity index (χ0n) is 23.4. The van der Waals surface area contributed by atoms with E-state index in [0.29, 0.717) is 34.3 Å². The number of benzene rings is 3. The molecule has 4 rings (SSSR count). The fourth-order valence-electron chi connectivity index (χ4n) is 4.84. The van der Waals surface area contributed by atoms with Crippen LogP contribution in [0.1, 0.15) is 92.0 Å². The van der Waals surface area contributed by atoms with E-state index in [4.69, 9.17) is 9.97 Å². The molecule has 3 aromatic carbocycles. The second-order valence-electron chi connectivity index (χ2n) is 10.4. The molecule has 216 valence electrons. The lowest BCUT2D eigenvalue weighted by Gasteiger charge is -2.15. The maximum absolute atomic E-state index is 13.2. The molecule has 41 heavy (non-hydrogen) atoms. The van der Waals surface area contributed by atoms with Crippen LogP contribution in [-0.4, -0.2) is 15.9 Å². The SMILES string of the molecule is CCCCCCCCCc1nc2cc(C(=O)N[C@@H](C)c3cccc(Br)c3)ccc2nc1-c1ccc(C(F)(F)F)cc1. The summed E-state index contributed by atoms with van der Waals surface area (Å²) in [7, 11) is 0. The average molecular weight is 627 g/mol. The highest BCUT2D eigenvalue weighted by Gasteiger charge is 2.30. The van der Waals surface area contributed by atoms with Gasteiger partial charge < -0.3 is 5.32 Å². The summed E-state index contributed by atoms with van der Waals surface area (Å²) in [6.45, 7) is 4.12. The zero-order valence-corrected chi connectivity index (χ0v) is 25.0. The van der Waals surface area contributed by atoms with E-state index in [1.54, 1.807) is 18.2 Å². The molecule has 0 spiro atoms. The standard InChI is InChI=1S/C33H35BrF3N3O/c1-3-4-5-6-7-8-9-13-29-31(23-14-17-26(18-15-23)33(35,36)37)40-28-19-16-25(21-30(28)39-29)32(41)38-22(2)24-11-10-12-27(34)20-24/h10-12,14-22H,3-9,13H2,1-2H3,(H,38,41)/t22-/m0/s1. The quantitative estimate of drug-likeness (QED) is 0.159. The molecule has 0 aliphatic rings. The van der Waals surface area contributed by atoms with Gasteiger partial charge in [0.25, 0.3) is 5.91 Å². The number of carbonyl (C=O) groups excluding carboxylic acids is 1. The zero-order chi connectivity index (χ0) is 29.4. The Bertz CT molecular complexity index is 1470. The van der Waals surface area contributed by atoms with Crippen LogP contribution in [0.25, 0.3) is 22.3 Å². The predicted molar refractivity (Wildman–Crippen MR) is 162 cm³/mol. The number of carbonyl (C=O) groups is 1. The number of fused-ring (bicyclic) bond motifs is 1. The van der Waals surface area contributed by atoms with Gasteiger partial charge in [0.15, 0.2) is 0 Å². The van der Waals surface area contributed by atoms with Crippen molar-refractivity contribution in [3.63, 3.8) is 0 Å². The van der Waals surface area contributed by atoms with E-state index < -0.39 is 11.7 Å². The van der Waals surface area contributed by atoms with Crippen LogP contribution in [0.3, 0.4) is 0 Å². The molecule has 4 nitrogen and oxygen atoms in total. The smallest absolute Gasteiger partial charge is 0.346 e. The summed E-state index contributed by atoms with van der Waals surface area (Å²) in [5.74, 6) is -0.221. The first-order valence-electron chi connectivity index (χ1n) is 14.2. The Labute approximate surface area is 247 Å². The van der Waals surface area contributed by atoms with Crippen molar-refractivity contribution < 1.29 is 18.0 Å². The van der Waals surface area contributed by atoms with Crippen molar-refractivity contribution >= 4 is 32.9 Å². The van der Waals surface area contributed by atoms with Crippen molar-refractivity contribution in [3.05, 3.63) is 93.6 Å². The molecule has 0 radical (unpaired) electrons. The summed E-state index contributed by atoms with van der Waals surface area (Å²) >= 11 is 3.47. The van der Waals surface area contributed by atoms with Crippen LogP contribution in [0.2, 0.25) is 0 Å². The molecule has 0 saturated carbocycles. The second-order valence-corrected chi connectivity index (χ2v) is 11.3. The number of aromatic nitrogens is 2. The number of nitrogens with one attached hydrogen (secondary N) is 1. The maximum atomic E-state index is 13.2. The van der Waals surface area contributed by atoms with Gasteiger partial charge in [0.1, 0.15) is 0 Å². The highest BCUT2D eigenvalue weighted by molar-refractivity contribution is 9.10. The highest BCUT2D eigenvalue weighted by Crippen LogP contribution is 2.32. The van der Waals surface area contributed by atoms with Gasteiger partial charge in [0, 0.05) is 15.6 Å². The summed E-state index contributed by atoms with van der Waals surface area (Å²) in [6.07, 6.45) is 4.21. The first kappa shape index (κ1) is 30.7. The third kappa shape index (κ3) is 8.38. The van der Waals surface area contributed by atoms with Crippen molar-refractivity contribution in [1.29, 1.82) is 0 Å². The topological polar surface area (TPSA) is 54.9 Å². The minimum absolute atomic E-state index is 0.197. The summed E-state index contributed by atoms with van der Waals surface area (Å²) in [6, 6.07) is 17.8. The first-order chi connectivity index (χ1) is 19.7. The number of alkyl halides is 3. The molecular weight excluding hydrogens is 591 g/mol. The van der Waals surface area contributed by atoms with E-state index in [-0.39, 0.29) is 11.9 Å². The van der Waals surface area contributed by atoms with Crippen LogP contribution < -0.4 is 5.32 Å². The fourth-order valence-corrected chi connectivity index (χ4v) is 5.26. The largest absolute Gasteiger partial charge is 0.416 e. The lowest BCUT2D eigenvalue weighted by molar-refractivity contribution is -0.137. The van der Waals surface area contributed by atoms with Crippen LogP contribution in [0, 0.1) is 0 Å². The molecule has 8 heteroatoms. The van der Waals surface area contributed by atoms with E-state index >= 15 is 0 Å². The minimum Gasteiger partial charge on any atom is -0.346 e. The molecule has 0 bridgehead atoms. The average Bonchev–Trinajstić information content (AvgIpc) is 2.95. The number of aryl methyl sites for hydroxylation is 1. The summed E-state index contributed by atoms with van der Waals surface area (Å²) in [4.78, 5) is 22.8. The van der Waals surface area contributed by atoms with Crippen molar-refractivity contribution in [2.45, 2.75) is 77.4 Å². The van der Waals surface area contributed by atoms with Gasteiger partial charge in [-0.15, -0.1) is 0 Å². The summed E-state index contributed by atoms with van der Waals surface area (Å²) < 4.78 is 40.4. The Morgan fingerprint density at radius 2 is 1.59 bits per heavy atom. The fraction of sp³-hybridized carbons (Fsp3) is 0.364. The maximum Gasteiger partial charge on any atom is 0.416 e. The molecule has 1 N–H and O–H groups in total. The molecule has 1 atom stereocenters. The normalized spacial score (nSPS) is 12.4. The number of halogens is 4. The molecule has 0 fully saturated rings. The highest BCUT2D eigenvalue weighted by atomic mass is 79.9. The Kier molecular flexibility index (Phi) is 10.5. The third-order valence-corrected chi connectivity index (χ3v) is 7.69. The number of hydrogen-bond acceptors (Lipinski definition) is 3. The Hall–Kier alpha value is -3.26. The molecule has 4 aromatic rings. The van der Waals surface area contributed by atoms with Gasteiger partial charge in [-0.25, -0.2) is 9.97 Å². The van der Waals surface area contributed by atoms with Gasteiger partial charge in [0.2, 0.25) is 0 Å². The van der Waals surface area contributed by atoms with Crippen molar-refractivity contribution in [2.75, 3.05) is 0 Å². The lowest BCUT2D eigenvalue weighted by Crippen LogP contribution is -2.26. The van der Waals surface area contributed by atoms with Crippen LogP contribution >= 0.6 is 15.9 Å². The van der Waals surface area contributed by atoms with E-state index in [9.17, 15) is 18.0 Å². The molecule has 1 heterocycles. The van der Waals surface area contributed by atoms with Crippen molar-refractivity contribution in [2.24, 2.45) is 0 Å². The van der Waals surface area contributed by atoms with Crippen LogP contribution in [-0.2, 0) is 12.6 Å². The molecule has 1 amide bonds. The third-order valence-electron chi connectivity index (χ3n) is 7.20. The number of unbranched alkanes of at least 4 members (excludes halogenated alkanes) is 6. The van der Waals surface area contributed by atoms with E-state index in [1.165, 1.54) is 37.8 Å². The summed E-state index contributed by atoms with van der Waals surface area (Å²) in [5, 5.41) is 3.04. The number of amides is 1. The van der Waals surface area contributed by atoms with Crippen LogP contribution in [0.4, 0.5) is 13.2 Å².